The number of aryl methyl sites for hydroxylation is 1. The fourth-order valence-electron chi connectivity index (χ4n) is 4.00. The first kappa shape index (κ1) is 26.0. The Morgan fingerprint density at radius 1 is 1.10 bits per heavy atom. The van der Waals surface area contributed by atoms with Gasteiger partial charge in [-0.05, 0) is 59.6 Å². The minimum atomic E-state index is -0.525. The minimum absolute atomic E-state index is 0.0174. The quantitative estimate of drug-likeness (QED) is 0.242. The summed E-state index contributed by atoms with van der Waals surface area (Å²) in [6, 6.07) is 15.7. The molecule has 4 aromatic rings. The first-order valence-electron chi connectivity index (χ1n) is 12.4. The minimum Gasteiger partial charge on any atom is -0.489 e. The SMILES string of the molecule is CC(=NNC(=O)c1c(CN2CCOCC2)nnn1-c1nonc1N)c1ccc(OCc2ccc(C)cc2)cc1. The molecule has 0 spiro atoms. The number of carbonyl (C=O) groups excluding carboxylic acids is 1. The number of nitrogens with zero attached hydrogens (tertiary/aromatic N) is 7. The third-order valence-corrected chi connectivity index (χ3v) is 6.25. The smallest absolute Gasteiger partial charge is 0.292 e. The number of rotatable bonds is 9. The summed E-state index contributed by atoms with van der Waals surface area (Å²) in [5.74, 6) is 0.264. The van der Waals surface area contributed by atoms with Crippen molar-refractivity contribution in [3.8, 4) is 11.6 Å². The number of benzene rings is 2. The lowest BCUT2D eigenvalue weighted by molar-refractivity contribution is 0.0335. The van der Waals surface area contributed by atoms with Crippen LogP contribution in [0, 0.1) is 6.92 Å². The van der Waals surface area contributed by atoms with Gasteiger partial charge in [0.1, 0.15) is 18.1 Å². The lowest BCUT2D eigenvalue weighted by Crippen LogP contribution is -2.36. The maximum absolute atomic E-state index is 13.3. The second-order valence-electron chi connectivity index (χ2n) is 9.09. The van der Waals surface area contributed by atoms with Crippen LogP contribution in [-0.2, 0) is 17.9 Å². The van der Waals surface area contributed by atoms with Crippen molar-refractivity contribution >= 4 is 17.4 Å². The molecule has 1 saturated heterocycles. The van der Waals surface area contributed by atoms with Crippen LogP contribution in [0.2, 0.25) is 0 Å². The van der Waals surface area contributed by atoms with E-state index < -0.39 is 5.91 Å². The standard InChI is InChI=1S/C26H29N9O4/c1-17-3-5-19(6-4-17)16-38-21-9-7-20(8-10-21)18(2)28-30-26(36)23-22(15-34-11-13-37-14-12-34)29-33-35(23)25-24(27)31-39-32-25/h3-10H,11-16H2,1-2H3,(H2,27,31)(H,30,36). The molecule has 0 aliphatic carbocycles. The Morgan fingerprint density at radius 3 is 2.54 bits per heavy atom. The van der Waals surface area contributed by atoms with Gasteiger partial charge in [-0.1, -0.05) is 35.0 Å². The van der Waals surface area contributed by atoms with Crippen molar-refractivity contribution in [3.63, 3.8) is 0 Å². The van der Waals surface area contributed by atoms with Gasteiger partial charge in [0, 0.05) is 19.6 Å². The van der Waals surface area contributed by atoms with Crippen LogP contribution in [0.25, 0.3) is 5.82 Å². The second kappa shape index (κ2) is 11.8. The van der Waals surface area contributed by atoms with Crippen molar-refractivity contribution < 1.29 is 18.9 Å². The molecule has 0 radical (unpaired) electrons. The van der Waals surface area contributed by atoms with Crippen LogP contribution in [-0.4, -0.2) is 68.1 Å². The molecule has 13 nitrogen and oxygen atoms in total. The van der Waals surface area contributed by atoms with E-state index in [1.807, 2.05) is 36.4 Å². The molecule has 0 atom stereocenters. The van der Waals surface area contributed by atoms with E-state index in [0.29, 0.717) is 50.9 Å². The number of morpholine rings is 1. The lowest BCUT2D eigenvalue weighted by Gasteiger charge is -2.25. The zero-order chi connectivity index (χ0) is 27.2. The average molecular weight is 532 g/mol. The van der Waals surface area contributed by atoms with Crippen LogP contribution < -0.4 is 15.9 Å². The highest BCUT2D eigenvalue weighted by atomic mass is 16.6. The van der Waals surface area contributed by atoms with E-state index in [-0.39, 0.29) is 17.3 Å². The van der Waals surface area contributed by atoms with Crippen molar-refractivity contribution in [1.82, 2.24) is 35.6 Å². The van der Waals surface area contributed by atoms with Crippen molar-refractivity contribution in [3.05, 3.63) is 76.6 Å². The molecule has 1 amide bonds. The lowest BCUT2D eigenvalue weighted by atomic mass is 10.1. The molecule has 0 unspecified atom stereocenters. The Bertz CT molecular complexity index is 1440. The van der Waals surface area contributed by atoms with Gasteiger partial charge in [-0.15, -0.1) is 5.10 Å². The molecule has 5 rings (SSSR count). The van der Waals surface area contributed by atoms with Gasteiger partial charge in [0.2, 0.25) is 11.6 Å². The average Bonchev–Trinajstić information content (AvgIpc) is 3.57. The zero-order valence-corrected chi connectivity index (χ0v) is 21.7. The normalized spacial score (nSPS) is 14.4. The van der Waals surface area contributed by atoms with Crippen molar-refractivity contribution in [2.45, 2.75) is 27.0 Å². The number of carbonyl (C=O) groups is 1. The number of nitrogens with two attached hydrogens (primary N) is 1. The molecule has 1 fully saturated rings. The van der Waals surface area contributed by atoms with Crippen LogP contribution in [0.3, 0.4) is 0 Å². The molecule has 2 aromatic heterocycles. The van der Waals surface area contributed by atoms with Gasteiger partial charge in [0.05, 0.1) is 18.9 Å². The highest BCUT2D eigenvalue weighted by Crippen LogP contribution is 2.18. The molecule has 202 valence electrons. The van der Waals surface area contributed by atoms with Crippen LogP contribution >= 0.6 is 0 Å². The summed E-state index contributed by atoms with van der Waals surface area (Å²) in [4.78, 5) is 15.4. The van der Waals surface area contributed by atoms with Gasteiger partial charge < -0.3 is 15.2 Å². The van der Waals surface area contributed by atoms with E-state index in [1.54, 1.807) is 6.92 Å². The first-order valence-corrected chi connectivity index (χ1v) is 12.4. The number of hydrogen-bond donors (Lipinski definition) is 2. The Balaban J connectivity index is 1.28. The third-order valence-electron chi connectivity index (χ3n) is 6.25. The Hall–Kier alpha value is -4.62. The molecule has 1 aliphatic heterocycles. The molecule has 39 heavy (non-hydrogen) atoms. The molecule has 3 N–H and O–H groups in total. The molecule has 13 heteroatoms. The van der Waals surface area contributed by atoms with Crippen LogP contribution in [0.1, 0.15) is 39.8 Å². The van der Waals surface area contributed by atoms with Gasteiger partial charge in [-0.2, -0.15) is 9.78 Å². The van der Waals surface area contributed by atoms with Gasteiger partial charge in [-0.3, -0.25) is 9.69 Å². The van der Waals surface area contributed by atoms with Crippen molar-refractivity contribution in [1.29, 1.82) is 0 Å². The highest BCUT2D eigenvalue weighted by molar-refractivity contribution is 6.00. The summed E-state index contributed by atoms with van der Waals surface area (Å²) in [6.07, 6.45) is 0. The van der Waals surface area contributed by atoms with E-state index in [0.717, 1.165) is 16.9 Å². The van der Waals surface area contributed by atoms with Gasteiger partial charge >= 0.3 is 0 Å². The van der Waals surface area contributed by atoms with E-state index in [1.165, 1.54) is 10.2 Å². The summed E-state index contributed by atoms with van der Waals surface area (Å²) in [5.41, 5.74) is 12.8. The molecule has 3 heterocycles. The number of nitrogen functional groups attached to an aromatic ring is 1. The fraction of sp³-hybridized carbons (Fsp3) is 0.308. The van der Waals surface area contributed by atoms with E-state index in [2.05, 4.69) is 55.1 Å². The van der Waals surface area contributed by atoms with E-state index in [9.17, 15) is 4.79 Å². The molecular weight excluding hydrogens is 502 g/mol. The Kier molecular flexibility index (Phi) is 7.89. The number of ether oxygens (including phenoxy) is 2. The summed E-state index contributed by atoms with van der Waals surface area (Å²) in [5, 5.41) is 19.9. The van der Waals surface area contributed by atoms with Crippen LogP contribution in [0.4, 0.5) is 5.82 Å². The Labute approximate surface area is 224 Å². The Morgan fingerprint density at radius 2 is 1.85 bits per heavy atom. The van der Waals surface area contributed by atoms with Crippen molar-refractivity contribution in [2.24, 2.45) is 5.10 Å². The third kappa shape index (κ3) is 6.27. The summed E-state index contributed by atoms with van der Waals surface area (Å²) < 4.78 is 17.2. The summed E-state index contributed by atoms with van der Waals surface area (Å²) in [6.45, 7) is 7.35. The number of nitrogens with one attached hydrogen (secondary N) is 1. The largest absolute Gasteiger partial charge is 0.489 e. The van der Waals surface area contributed by atoms with E-state index in [4.69, 9.17) is 19.8 Å². The molecule has 0 bridgehead atoms. The van der Waals surface area contributed by atoms with Crippen LogP contribution in [0.5, 0.6) is 5.75 Å². The second-order valence-corrected chi connectivity index (χ2v) is 9.09. The summed E-state index contributed by atoms with van der Waals surface area (Å²) >= 11 is 0. The summed E-state index contributed by atoms with van der Waals surface area (Å²) in [7, 11) is 0. The maximum Gasteiger partial charge on any atom is 0.292 e. The van der Waals surface area contributed by atoms with Gasteiger partial charge in [-0.25, -0.2) is 10.1 Å². The fourth-order valence-corrected chi connectivity index (χ4v) is 4.00. The predicted octanol–water partition coefficient (Wildman–Crippen LogP) is 2.11. The van der Waals surface area contributed by atoms with Gasteiger partial charge in [0.25, 0.3) is 5.91 Å². The number of aromatic nitrogens is 5. The highest BCUT2D eigenvalue weighted by Gasteiger charge is 2.26. The molecule has 1 aliphatic rings. The molecule has 2 aromatic carbocycles. The topological polar surface area (TPSA) is 159 Å². The first-order chi connectivity index (χ1) is 19.0. The number of anilines is 1. The predicted molar refractivity (Wildman–Crippen MR) is 141 cm³/mol. The number of hydrazone groups is 1. The molecular formula is C26H29N9O4. The van der Waals surface area contributed by atoms with Crippen LogP contribution in [0.15, 0.2) is 58.3 Å². The van der Waals surface area contributed by atoms with E-state index >= 15 is 0 Å². The van der Waals surface area contributed by atoms with Gasteiger partial charge in [0.15, 0.2) is 5.69 Å². The number of hydrogen-bond acceptors (Lipinski definition) is 11. The number of amides is 1. The molecule has 0 saturated carbocycles. The monoisotopic (exact) mass is 531 g/mol. The zero-order valence-electron chi connectivity index (χ0n) is 21.7. The maximum atomic E-state index is 13.3. The van der Waals surface area contributed by atoms with Crippen molar-refractivity contribution in [2.75, 3.05) is 32.0 Å².